The predicted octanol–water partition coefficient (Wildman–Crippen LogP) is 5.51. The van der Waals surface area contributed by atoms with Crippen molar-refractivity contribution in [1.29, 1.82) is 10.5 Å². The van der Waals surface area contributed by atoms with Gasteiger partial charge in [-0.05, 0) is 61.4 Å². The summed E-state index contributed by atoms with van der Waals surface area (Å²) in [6.45, 7) is 3.75. The third-order valence-corrected chi connectivity index (χ3v) is 4.79. The topological polar surface area (TPSA) is 110 Å². The Balaban J connectivity index is 1.76. The van der Waals surface area contributed by atoms with Gasteiger partial charge in [-0.1, -0.05) is 11.6 Å². The average molecular weight is 415 g/mol. The summed E-state index contributed by atoms with van der Waals surface area (Å²) in [7, 11) is 0. The fourth-order valence-corrected chi connectivity index (χ4v) is 3.30. The standard InChI is InChI=1S/C22H15ClN6O/c1-12-7-15(10-25)8-13(2)20(12)30-21-19-18(17(23)11-26-19)28-22(29-21)27-16-5-3-14(9-24)4-6-16/h3-8,11,26H,1-2H3,(H,27,28,29). The van der Waals surface area contributed by atoms with Gasteiger partial charge in [0.05, 0.1) is 28.3 Å². The number of benzene rings is 2. The monoisotopic (exact) mass is 414 g/mol. The van der Waals surface area contributed by atoms with Crippen LogP contribution in [-0.2, 0) is 0 Å². The number of halogens is 1. The van der Waals surface area contributed by atoms with Gasteiger partial charge in [0.1, 0.15) is 16.8 Å². The number of hydrogen-bond donors (Lipinski definition) is 2. The number of aromatic nitrogens is 3. The first-order valence-electron chi connectivity index (χ1n) is 8.99. The zero-order valence-electron chi connectivity index (χ0n) is 16.1. The van der Waals surface area contributed by atoms with Gasteiger partial charge in [-0.2, -0.15) is 15.5 Å². The number of nitrogens with zero attached hydrogens (tertiary/aromatic N) is 4. The third kappa shape index (κ3) is 3.62. The molecule has 8 heteroatoms. The van der Waals surface area contributed by atoms with Gasteiger partial charge in [0.15, 0.2) is 0 Å². The van der Waals surface area contributed by atoms with Crippen LogP contribution in [0.4, 0.5) is 11.6 Å². The zero-order chi connectivity index (χ0) is 21.3. The number of nitriles is 2. The molecular formula is C22H15ClN6O. The molecule has 4 rings (SSSR count). The van der Waals surface area contributed by atoms with Crippen LogP contribution in [0.1, 0.15) is 22.3 Å². The molecular weight excluding hydrogens is 400 g/mol. The highest BCUT2D eigenvalue weighted by molar-refractivity contribution is 6.35. The first-order valence-corrected chi connectivity index (χ1v) is 9.37. The molecule has 0 radical (unpaired) electrons. The van der Waals surface area contributed by atoms with Crippen molar-refractivity contribution in [3.8, 4) is 23.8 Å². The Kier molecular flexibility index (Phi) is 4.97. The highest BCUT2D eigenvalue weighted by Crippen LogP contribution is 2.35. The number of aromatic amines is 1. The normalized spacial score (nSPS) is 10.4. The Morgan fingerprint density at radius 1 is 1.00 bits per heavy atom. The summed E-state index contributed by atoms with van der Waals surface area (Å²) in [6.07, 6.45) is 1.62. The number of rotatable bonds is 4. The third-order valence-electron chi connectivity index (χ3n) is 4.50. The maximum Gasteiger partial charge on any atom is 0.248 e. The summed E-state index contributed by atoms with van der Waals surface area (Å²) in [4.78, 5) is 12.0. The summed E-state index contributed by atoms with van der Waals surface area (Å²) in [6, 6.07) is 14.7. The molecule has 146 valence electrons. The van der Waals surface area contributed by atoms with Crippen molar-refractivity contribution in [2.24, 2.45) is 0 Å². The van der Waals surface area contributed by atoms with Gasteiger partial charge in [-0.3, -0.25) is 0 Å². The van der Waals surface area contributed by atoms with Crippen molar-refractivity contribution in [3.05, 3.63) is 69.9 Å². The maximum atomic E-state index is 9.16. The van der Waals surface area contributed by atoms with Crippen LogP contribution < -0.4 is 10.1 Å². The highest BCUT2D eigenvalue weighted by Gasteiger charge is 2.17. The second kappa shape index (κ2) is 7.75. The number of nitrogens with one attached hydrogen (secondary N) is 2. The van der Waals surface area contributed by atoms with Crippen molar-refractivity contribution in [1.82, 2.24) is 15.0 Å². The van der Waals surface area contributed by atoms with Crippen LogP contribution in [0, 0.1) is 36.5 Å². The SMILES string of the molecule is Cc1cc(C#N)cc(C)c1Oc1nc(Nc2ccc(C#N)cc2)nc2c(Cl)c[nH]c12. The summed E-state index contributed by atoms with van der Waals surface area (Å²) >= 11 is 6.29. The van der Waals surface area contributed by atoms with Crippen molar-refractivity contribution < 1.29 is 4.74 Å². The molecule has 2 N–H and O–H groups in total. The lowest BCUT2D eigenvalue weighted by atomic mass is 10.1. The highest BCUT2D eigenvalue weighted by atomic mass is 35.5. The molecule has 2 aromatic heterocycles. The van der Waals surface area contributed by atoms with Crippen LogP contribution in [-0.4, -0.2) is 15.0 Å². The fraction of sp³-hybridized carbons (Fsp3) is 0.0909. The molecule has 0 aliphatic rings. The molecule has 0 saturated heterocycles. The Morgan fingerprint density at radius 3 is 2.30 bits per heavy atom. The van der Waals surface area contributed by atoms with Crippen molar-refractivity contribution in [3.63, 3.8) is 0 Å². The van der Waals surface area contributed by atoms with Crippen LogP contribution in [0.2, 0.25) is 5.02 Å². The van der Waals surface area contributed by atoms with Crippen molar-refractivity contribution >= 4 is 34.3 Å². The minimum atomic E-state index is 0.299. The fourth-order valence-electron chi connectivity index (χ4n) is 3.11. The van der Waals surface area contributed by atoms with Gasteiger partial charge >= 0.3 is 0 Å². The molecule has 0 aliphatic carbocycles. The molecule has 0 bridgehead atoms. The van der Waals surface area contributed by atoms with E-state index in [-0.39, 0.29) is 0 Å². The van der Waals surface area contributed by atoms with Gasteiger partial charge < -0.3 is 15.0 Å². The average Bonchev–Trinajstić information content (AvgIpc) is 3.12. The van der Waals surface area contributed by atoms with E-state index in [0.29, 0.717) is 44.8 Å². The lowest BCUT2D eigenvalue weighted by Crippen LogP contribution is -2.01. The molecule has 0 aliphatic heterocycles. The smallest absolute Gasteiger partial charge is 0.248 e. The van der Waals surface area contributed by atoms with Crippen LogP contribution in [0.25, 0.3) is 11.0 Å². The molecule has 2 aromatic carbocycles. The van der Waals surface area contributed by atoms with E-state index in [4.69, 9.17) is 26.9 Å². The van der Waals surface area contributed by atoms with Crippen molar-refractivity contribution in [2.75, 3.05) is 5.32 Å². The van der Waals surface area contributed by atoms with Gasteiger partial charge in [-0.25, -0.2) is 4.98 Å². The lowest BCUT2D eigenvalue weighted by molar-refractivity contribution is 0.461. The molecule has 30 heavy (non-hydrogen) atoms. The molecule has 0 saturated carbocycles. The quantitative estimate of drug-likeness (QED) is 0.455. The number of fused-ring (bicyclic) bond motifs is 1. The molecule has 2 heterocycles. The minimum absolute atomic E-state index is 0.299. The Morgan fingerprint density at radius 2 is 1.67 bits per heavy atom. The Bertz CT molecular complexity index is 1320. The van der Waals surface area contributed by atoms with E-state index >= 15 is 0 Å². The minimum Gasteiger partial charge on any atom is -0.436 e. The molecule has 0 unspecified atom stereocenters. The number of anilines is 2. The first-order chi connectivity index (χ1) is 14.5. The molecule has 7 nitrogen and oxygen atoms in total. The number of H-pyrrole nitrogens is 1. The predicted molar refractivity (Wildman–Crippen MR) is 114 cm³/mol. The molecule has 0 spiro atoms. The summed E-state index contributed by atoms with van der Waals surface area (Å²) in [5.41, 5.74) is 4.56. The first kappa shape index (κ1) is 19.3. The van der Waals surface area contributed by atoms with Crippen molar-refractivity contribution in [2.45, 2.75) is 13.8 Å². The molecule has 0 amide bonds. The van der Waals surface area contributed by atoms with E-state index in [1.165, 1.54) is 0 Å². The van der Waals surface area contributed by atoms with Crippen LogP contribution in [0.15, 0.2) is 42.6 Å². The van der Waals surface area contributed by atoms with Crippen LogP contribution in [0.3, 0.4) is 0 Å². The molecule has 0 fully saturated rings. The molecule has 0 atom stereocenters. The Labute approximate surface area is 177 Å². The number of aryl methyl sites for hydroxylation is 2. The van der Waals surface area contributed by atoms with E-state index < -0.39 is 0 Å². The van der Waals surface area contributed by atoms with Crippen LogP contribution in [0.5, 0.6) is 11.6 Å². The summed E-state index contributed by atoms with van der Waals surface area (Å²) < 4.78 is 6.15. The Hall–Kier alpha value is -4.07. The van der Waals surface area contributed by atoms with Crippen LogP contribution >= 0.6 is 11.6 Å². The van der Waals surface area contributed by atoms with Gasteiger partial charge in [0, 0.05) is 11.9 Å². The van der Waals surface area contributed by atoms with E-state index in [2.05, 4.69) is 32.4 Å². The zero-order valence-corrected chi connectivity index (χ0v) is 16.9. The number of ether oxygens (including phenoxy) is 1. The molecule has 4 aromatic rings. The van der Waals surface area contributed by atoms with E-state index in [1.54, 1.807) is 42.6 Å². The number of hydrogen-bond acceptors (Lipinski definition) is 6. The summed E-state index contributed by atoms with van der Waals surface area (Å²) in [5, 5.41) is 21.7. The second-order valence-electron chi connectivity index (χ2n) is 6.68. The van der Waals surface area contributed by atoms with E-state index in [0.717, 1.165) is 16.8 Å². The summed E-state index contributed by atoms with van der Waals surface area (Å²) in [5.74, 6) is 1.22. The van der Waals surface area contributed by atoms with Gasteiger partial charge in [-0.15, -0.1) is 0 Å². The second-order valence-corrected chi connectivity index (χ2v) is 7.09. The van der Waals surface area contributed by atoms with Gasteiger partial charge in [0.25, 0.3) is 0 Å². The largest absolute Gasteiger partial charge is 0.436 e. The lowest BCUT2D eigenvalue weighted by Gasteiger charge is -2.13. The van der Waals surface area contributed by atoms with E-state index in [9.17, 15) is 0 Å². The van der Waals surface area contributed by atoms with E-state index in [1.807, 2.05) is 13.8 Å². The van der Waals surface area contributed by atoms with Gasteiger partial charge in [0.2, 0.25) is 11.8 Å². The maximum absolute atomic E-state index is 9.16.